The molecule has 0 fully saturated rings. The van der Waals surface area contributed by atoms with Gasteiger partial charge in [0, 0.05) is 41.6 Å². The number of furan rings is 1. The molecule has 3 heterocycles. The number of pyridine rings is 1. The first kappa shape index (κ1) is 33.4. The van der Waals surface area contributed by atoms with Crippen LogP contribution in [0.1, 0.15) is 72.6 Å². The van der Waals surface area contributed by atoms with Crippen molar-refractivity contribution in [2.75, 3.05) is 13.6 Å². The molecule has 5 heteroatoms. The lowest BCUT2D eigenvalue weighted by molar-refractivity contribution is 0.439. The highest BCUT2D eigenvalue weighted by Gasteiger charge is 2.32. The van der Waals surface area contributed by atoms with Gasteiger partial charge in [0.25, 0.3) is 0 Å². The van der Waals surface area contributed by atoms with Crippen LogP contribution in [-0.2, 0) is 0 Å². The summed E-state index contributed by atoms with van der Waals surface area (Å²) in [7, 11) is 2.08. The van der Waals surface area contributed by atoms with Crippen molar-refractivity contribution in [3.8, 4) is 17.3 Å². The van der Waals surface area contributed by atoms with Crippen molar-refractivity contribution in [3.05, 3.63) is 131 Å². The lowest BCUT2D eigenvalue weighted by Gasteiger charge is -2.34. The van der Waals surface area contributed by atoms with E-state index in [9.17, 15) is 5.26 Å². The molecule has 2 aromatic carbocycles. The van der Waals surface area contributed by atoms with Gasteiger partial charge in [-0.2, -0.15) is 5.26 Å². The molecule has 0 saturated carbocycles. The average Bonchev–Trinajstić information content (AvgIpc) is 3.39. The van der Waals surface area contributed by atoms with E-state index in [1.54, 1.807) is 0 Å². The molecular weight excluding hydrogens is 576 g/mol. The van der Waals surface area contributed by atoms with Crippen molar-refractivity contribution in [3.63, 3.8) is 0 Å². The standard InChI is InChI=1S/C42H46N4O/c1-9-11-23-46(8)26-30(6)41-35(33-17-12-13-18-34(33)37(10-2)44-41)20-19-27(3)24-32(25-43)40-31(7)47-42-36(40)21-22-38(45-42)39-28(4)15-14-16-29(39)5/h10-18,21-24,27,35,41H,2,6,9,19-20,26H2,1,3-5,7-8H3/b23-11-,32-24-. The number of aromatic nitrogens is 1. The Balaban J connectivity index is 1.41. The SMILES string of the molecule is C=CC1=NC(C(=C)CN(C)/C=C\CC)C(CCC(C)/C=C(/C#N)c2c(C)oc3nc(-c4c(C)cccc4C)ccc23)c2ccccc21. The molecule has 1 aliphatic heterocycles. The Morgan fingerprint density at radius 2 is 1.83 bits per heavy atom. The summed E-state index contributed by atoms with van der Waals surface area (Å²) >= 11 is 0. The van der Waals surface area contributed by atoms with Gasteiger partial charge in [0.1, 0.15) is 5.76 Å². The van der Waals surface area contributed by atoms with Gasteiger partial charge in [-0.15, -0.1) is 0 Å². The Hall–Kier alpha value is -4.95. The second-order valence-corrected chi connectivity index (χ2v) is 12.8. The fourth-order valence-corrected chi connectivity index (χ4v) is 6.91. The summed E-state index contributed by atoms with van der Waals surface area (Å²) < 4.78 is 6.17. The topological polar surface area (TPSA) is 65.4 Å². The minimum absolute atomic E-state index is 0.0563. The number of fused-ring (bicyclic) bond motifs is 2. The molecule has 0 aliphatic carbocycles. The number of hydrogen-bond donors (Lipinski definition) is 0. The molecule has 0 radical (unpaired) electrons. The highest BCUT2D eigenvalue weighted by Crippen LogP contribution is 2.39. The molecule has 47 heavy (non-hydrogen) atoms. The molecule has 240 valence electrons. The quantitative estimate of drug-likeness (QED) is 0.116. The smallest absolute Gasteiger partial charge is 0.227 e. The van der Waals surface area contributed by atoms with E-state index in [0.717, 1.165) is 64.9 Å². The van der Waals surface area contributed by atoms with E-state index in [1.165, 1.54) is 16.7 Å². The van der Waals surface area contributed by atoms with E-state index in [2.05, 4.69) is 120 Å². The number of aryl methyl sites for hydroxylation is 3. The molecule has 5 rings (SSSR count). The molecule has 4 aromatic rings. The number of benzene rings is 2. The predicted molar refractivity (Wildman–Crippen MR) is 197 cm³/mol. The number of nitriles is 1. The van der Waals surface area contributed by atoms with E-state index in [0.29, 0.717) is 17.0 Å². The summed E-state index contributed by atoms with van der Waals surface area (Å²) in [5.74, 6) is 1.03. The summed E-state index contributed by atoms with van der Waals surface area (Å²) in [5.41, 5.74) is 10.8. The number of likely N-dealkylation sites (N-methyl/N-ethyl adjacent to an activating group) is 1. The van der Waals surface area contributed by atoms with Crippen LogP contribution in [0.3, 0.4) is 0 Å². The van der Waals surface area contributed by atoms with Gasteiger partial charge in [-0.05, 0) is 92.6 Å². The predicted octanol–water partition coefficient (Wildman–Crippen LogP) is 10.3. The molecule has 3 atom stereocenters. The molecule has 0 amide bonds. The maximum Gasteiger partial charge on any atom is 0.227 e. The van der Waals surface area contributed by atoms with E-state index < -0.39 is 0 Å². The number of allylic oxidation sites excluding steroid dienone is 4. The third-order valence-corrected chi connectivity index (χ3v) is 9.20. The van der Waals surface area contributed by atoms with E-state index >= 15 is 0 Å². The number of nitrogens with zero attached hydrogens (tertiary/aromatic N) is 4. The molecular formula is C42H46N4O. The number of hydrogen-bond acceptors (Lipinski definition) is 5. The van der Waals surface area contributed by atoms with Crippen molar-refractivity contribution >= 4 is 22.4 Å². The molecule has 2 aromatic heterocycles. The van der Waals surface area contributed by atoms with Crippen LogP contribution in [-0.4, -0.2) is 35.2 Å². The Morgan fingerprint density at radius 1 is 1.09 bits per heavy atom. The maximum absolute atomic E-state index is 10.4. The maximum atomic E-state index is 10.4. The Morgan fingerprint density at radius 3 is 2.53 bits per heavy atom. The number of aliphatic imine (C=N–C) groups is 1. The normalized spacial score (nSPS) is 16.9. The first-order valence-corrected chi connectivity index (χ1v) is 16.6. The first-order valence-electron chi connectivity index (χ1n) is 16.6. The van der Waals surface area contributed by atoms with Gasteiger partial charge in [-0.3, -0.25) is 4.99 Å². The van der Waals surface area contributed by atoms with E-state index in [4.69, 9.17) is 14.4 Å². The zero-order valence-electron chi connectivity index (χ0n) is 28.7. The summed E-state index contributed by atoms with van der Waals surface area (Å²) in [6.45, 7) is 19.8. The molecule has 5 nitrogen and oxygen atoms in total. The highest BCUT2D eigenvalue weighted by atomic mass is 16.3. The van der Waals surface area contributed by atoms with Crippen molar-refractivity contribution in [2.24, 2.45) is 10.9 Å². The zero-order valence-corrected chi connectivity index (χ0v) is 28.7. The van der Waals surface area contributed by atoms with Crippen LogP contribution in [0.15, 0.2) is 107 Å². The number of rotatable bonds is 12. The third kappa shape index (κ3) is 7.08. The average molecular weight is 623 g/mol. The van der Waals surface area contributed by atoms with E-state index in [-0.39, 0.29) is 17.9 Å². The summed E-state index contributed by atoms with van der Waals surface area (Å²) in [4.78, 5) is 12.3. The molecule has 3 unspecified atom stereocenters. The molecule has 0 N–H and O–H groups in total. The highest BCUT2D eigenvalue weighted by molar-refractivity contribution is 6.10. The van der Waals surface area contributed by atoms with Crippen LogP contribution in [0.2, 0.25) is 0 Å². The Bertz CT molecular complexity index is 1910. The molecule has 0 spiro atoms. The van der Waals surface area contributed by atoms with Gasteiger partial charge in [0.05, 0.1) is 29.1 Å². The summed E-state index contributed by atoms with van der Waals surface area (Å²) in [5, 5.41) is 11.2. The second kappa shape index (κ2) is 14.6. The van der Waals surface area contributed by atoms with Crippen molar-refractivity contribution < 1.29 is 4.42 Å². The van der Waals surface area contributed by atoms with Gasteiger partial charge in [-0.25, -0.2) is 4.98 Å². The van der Waals surface area contributed by atoms with Crippen molar-refractivity contribution in [1.82, 2.24) is 9.88 Å². The van der Waals surface area contributed by atoms with E-state index in [1.807, 2.05) is 25.1 Å². The molecule has 0 saturated heterocycles. The second-order valence-electron chi connectivity index (χ2n) is 12.8. The lowest BCUT2D eigenvalue weighted by Crippen LogP contribution is -2.31. The van der Waals surface area contributed by atoms with Crippen LogP contribution < -0.4 is 0 Å². The lowest BCUT2D eigenvalue weighted by atomic mass is 9.77. The Kier molecular flexibility index (Phi) is 10.4. The van der Waals surface area contributed by atoms with Gasteiger partial charge in [0.15, 0.2) is 0 Å². The third-order valence-electron chi connectivity index (χ3n) is 9.20. The van der Waals surface area contributed by atoms with Crippen LogP contribution in [0.4, 0.5) is 0 Å². The summed E-state index contributed by atoms with van der Waals surface area (Å²) in [6.07, 6.45) is 11.0. The van der Waals surface area contributed by atoms with Gasteiger partial charge >= 0.3 is 0 Å². The van der Waals surface area contributed by atoms with Crippen LogP contribution in [0, 0.1) is 38.0 Å². The monoisotopic (exact) mass is 622 g/mol. The molecule has 0 bridgehead atoms. The van der Waals surface area contributed by atoms with Gasteiger partial charge in [-0.1, -0.05) is 81.6 Å². The fraction of sp³-hybridized carbons (Fsp3) is 0.310. The van der Waals surface area contributed by atoms with Gasteiger partial charge in [0.2, 0.25) is 5.71 Å². The zero-order chi connectivity index (χ0) is 33.7. The van der Waals surface area contributed by atoms with Crippen LogP contribution >= 0.6 is 0 Å². The first-order chi connectivity index (χ1) is 22.7. The van der Waals surface area contributed by atoms with Crippen molar-refractivity contribution in [1.29, 1.82) is 5.26 Å². The van der Waals surface area contributed by atoms with Crippen molar-refractivity contribution in [2.45, 2.75) is 65.8 Å². The van der Waals surface area contributed by atoms with Gasteiger partial charge < -0.3 is 9.32 Å². The fourth-order valence-electron chi connectivity index (χ4n) is 6.91. The summed E-state index contributed by atoms with van der Waals surface area (Å²) in [6, 6.07) is 21.3. The minimum atomic E-state index is -0.0563. The van der Waals surface area contributed by atoms with Crippen LogP contribution in [0.5, 0.6) is 0 Å². The largest absolute Gasteiger partial charge is 0.442 e. The van der Waals surface area contributed by atoms with Crippen LogP contribution in [0.25, 0.3) is 27.9 Å². The molecule has 1 aliphatic rings. The minimum Gasteiger partial charge on any atom is -0.442 e. The Labute approximate surface area is 280 Å².